The van der Waals surface area contributed by atoms with E-state index in [1.54, 1.807) is 0 Å². The van der Waals surface area contributed by atoms with Crippen LogP contribution in [0, 0.1) is 0 Å². The average molecular weight is 939 g/mol. The van der Waals surface area contributed by atoms with Crippen LogP contribution in [0.15, 0.2) is 264 Å². The molecule has 0 fully saturated rings. The van der Waals surface area contributed by atoms with Gasteiger partial charge in [-0.1, -0.05) is 231 Å². The van der Waals surface area contributed by atoms with Gasteiger partial charge in [-0.2, -0.15) is 0 Å². The van der Waals surface area contributed by atoms with Crippen molar-refractivity contribution in [1.29, 1.82) is 0 Å². The third-order valence-corrected chi connectivity index (χ3v) is 15.9. The fourth-order valence-electron chi connectivity index (χ4n) is 12.7. The van der Waals surface area contributed by atoms with Crippen LogP contribution >= 0.6 is 0 Å². The molecule has 16 rings (SSSR count). The molecular formula is C72H42O2. The highest BCUT2D eigenvalue weighted by molar-refractivity contribution is 6.29. The van der Waals surface area contributed by atoms with Crippen LogP contribution in [0.2, 0.25) is 0 Å². The van der Waals surface area contributed by atoms with Crippen molar-refractivity contribution in [2.75, 3.05) is 0 Å². The molecule has 0 atom stereocenters. The Balaban J connectivity index is 1.10. The zero-order valence-electron chi connectivity index (χ0n) is 40.1. The third-order valence-electron chi connectivity index (χ3n) is 15.9. The second-order valence-electron chi connectivity index (χ2n) is 19.7. The first-order valence-corrected chi connectivity index (χ1v) is 25.5. The average Bonchev–Trinajstić information content (AvgIpc) is 4.05. The van der Waals surface area contributed by atoms with E-state index in [1.807, 2.05) is 0 Å². The number of benzene rings is 14. The van der Waals surface area contributed by atoms with E-state index in [0.717, 1.165) is 76.9 Å². The standard InChI is InChI=1S/C72H42O2/c1-3-21-45-43(17-1)19-9-25-47(45)49-27-11-31-55-63(49)41-64-50(48-26-10-20-44-18-2-4-22-46(44)48)28-12-32-56(64)69(55)70-57-33-13-29-51(59-35-15-37-61-53-23-5-7-39-67(53)73-71(59)61)65(57)42-66-52(30-14-34-58(66)70)60-36-16-38-62-54-24-6-8-40-68(54)74-72(60)62/h1-42H. The lowest BCUT2D eigenvalue weighted by Crippen LogP contribution is -1.95. The van der Waals surface area contributed by atoms with Crippen LogP contribution < -0.4 is 0 Å². The molecule has 0 amide bonds. The fraction of sp³-hybridized carbons (Fsp3) is 0. The molecule has 2 aromatic heterocycles. The zero-order chi connectivity index (χ0) is 48.4. The quantitative estimate of drug-likeness (QED) is 0.161. The Hall–Kier alpha value is -9.76. The van der Waals surface area contributed by atoms with Crippen molar-refractivity contribution in [3.05, 3.63) is 255 Å². The van der Waals surface area contributed by atoms with Gasteiger partial charge in [0.1, 0.15) is 22.3 Å². The van der Waals surface area contributed by atoms with Crippen LogP contribution in [0.5, 0.6) is 0 Å². The molecule has 2 nitrogen and oxygen atoms in total. The van der Waals surface area contributed by atoms with E-state index >= 15 is 0 Å². The monoisotopic (exact) mass is 938 g/mol. The summed E-state index contributed by atoms with van der Waals surface area (Å²) in [5.41, 5.74) is 15.1. The summed E-state index contributed by atoms with van der Waals surface area (Å²) in [7, 11) is 0. The van der Waals surface area contributed by atoms with Crippen molar-refractivity contribution in [2.45, 2.75) is 0 Å². The number of fused-ring (bicyclic) bond motifs is 12. The summed E-state index contributed by atoms with van der Waals surface area (Å²) >= 11 is 0. The van der Waals surface area contributed by atoms with E-state index in [1.165, 1.54) is 87.2 Å². The minimum atomic E-state index is 0.883. The van der Waals surface area contributed by atoms with Crippen LogP contribution in [0.25, 0.3) is 164 Å². The van der Waals surface area contributed by atoms with Gasteiger partial charge in [0.25, 0.3) is 0 Å². The molecule has 0 aliphatic heterocycles. The molecule has 0 aliphatic rings. The first-order valence-electron chi connectivity index (χ1n) is 25.5. The topological polar surface area (TPSA) is 26.3 Å². The van der Waals surface area contributed by atoms with E-state index in [0.29, 0.717) is 0 Å². The maximum Gasteiger partial charge on any atom is 0.143 e. The lowest BCUT2D eigenvalue weighted by molar-refractivity contribution is 0.669. The summed E-state index contributed by atoms with van der Waals surface area (Å²) in [6.45, 7) is 0. The summed E-state index contributed by atoms with van der Waals surface area (Å²) < 4.78 is 13.7. The molecule has 0 unspecified atom stereocenters. The van der Waals surface area contributed by atoms with E-state index in [-0.39, 0.29) is 0 Å². The van der Waals surface area contributed by atoms with Crippen molar-refractivity contribution in [3.63, 3.8) is 0 Å². The smallest absolute Gasteiger partial charge is 0.143 e. The van der Waals surface area contributed by atoms with Crippen LogP contribution in [0.1, 0.15) is 0 Å². The van der Waals surface area contributed by atoms with Gasteiger partial charge in [-0.05, 0) is 133 Å². The Morgan fingerprint density at radius 1 is 0.176 bits per heavy atom. The summed E-state index contributed by atoms with van der Waals surface area (Å²) in [6, 6.07) is 93.4. The molecule has 0 saturated carbocycles. The molecule has 342 valence electrons. The molecule has 0 radical (unpaired) electrons. The van der Waals surface area contributed by atoms with Crippen molar-refractivity contribution >= 4 is 109 Å². The number of hydrogen-bond donors (Lipinski definition) is 0. The molecule has 0 bridgehead atoms. The Morgan fingerprint density at radius 2 is 0.432 bits per heavy atom. The summed E-state index contributed by atoms with van der Waals surface area (Å²) in [4.78, 5) is 0. The van der Waals surface area contributed by atoms with E-state index < -0.39 is 0 Å². The molecule has 2 heteroatoms. The molecule has 14 aromatic carbocycles. The summed E-state index contributed by atoms with van der Waals surface area (Å²) in [6.07, 6.45) is 0. The van der Waals surface area contributed by atoms with Gasteiger partial charge in [-0.25, -0.2) is 0 Å². The van der Waals surface area contributed by atoms with Gasteiger partial charge >= 0.3 is 0 Å². The zero-order valence-corrected chi connectivity index (χ0v) is 40.1. The molecule has 0 saturated heterocycles. The van der Waals surface area contributed by atoms with E-state index in [2.05, 4.69) is 255 Å². The lowest BCUT2D eigenvalue weighted by atomic mass is 9.81. The fourth-order valence-corrected chi connectivity index (χ4v) is 12.7. The molecule has 0 aliphatic carbocycles. The molecule has 2 heterocycles. The van der Waals surface area contributed by atoms with Gasteiger partial charge in [-0.3, -0.25) is 0 Å². The van der Waals surface area contributed by atoms with Crippen molar-refractivity contribution in [2.24, 2.45) is 0 Å². The summed E-state index contributed by atoms with van der Waals surface area (Å²) in [5, 5.41) is 18.8. The first kappa shape index (κ1) is 40.9. The van der Waals surface area contributed by atoms with Gasteiger partial charge in [0.15, 0.2) is 0 Å². The van der Waals surface area contributed by atoms with Crippen LogP contribution in [0.4, 0.5) is 0 Å². The normalized spacial score (nSPS) is 12.1. The molecular weight excluding hydrogens is 897 g/mol. The van der Waals surface area contributed by atoms with Gasteiger partial charge in [0.2, 0.25) is 0 Å². The Labute approximate surface area is 425 Å². The molecule has 0 N–H and O–H groups in total. The molecule has 74 heavy (non-hydrogen) atoms. The van der Waals surface area contributed by atoms with Gasteiger partial charge in [0, 0.05) is 32.7 Å². The van der Waals surface area contributed by atoms with E-state index in [4.69, 9.17) is 8.83 Å². The van der Waals surface area contributed by atoms with Crippen molar-refractivity contribution in [3.8, 4) is 55.6 Å². The predicted octanol–water partition coefficient (Wildman–Crippen LogP) is 20.7. The highest BCUT2D eigenvalue weighted by Gasteiger charge is 2.24. The molecule has 0 spiro atoms. The maximum atomic E-state index is 6.83. The second kappa shape index (κ2) is 15.9. The number of furan rings is 2. The maximum absolute atomic E-state index is 6.83. The van der Waals surface area contributed by atoms with Crippen molar-refractivity contribution < 1.29 is 8.83 Å². The minimum Gasteiger partial charge on any atom is -0.455 e. The first-order chi connectivity index (χ1) is 36.7. The highest BCUT2D eigenvalue weighted by atomic mass is 16.3. The minimum absolute atomic E-state index is 0.883. The van der Waals surface area contributed by atoms with Gasteiger partial charge < -0.3 is 8.83 Å². The Morgan fingerprint density at radius 3 is 0.824 bits per heavy atom. The Bertz CT molecular complexity index is 4710. The van der Waals surface area contributed by atoms with Crippen LogP contribution in [0.3, 0.4) is 0 Å². The van der Waals surface area contributed by atoms with E-state index in [9.17, 15) is 0 Å². The van der Waals surface area contributed by atoms with Gasteiger partial charge in [0.05, 0.1) is 0 Å². The Kier molecular flexibility index (Phi) is 8.78. The highest BCUT2D eigenvalue weighted by Crippen LogP contribution is 2.51. The van der Waals surface area contributed by atoms with Crippen LogP contribution in [-0.4, -0.2) is 0 Å². The number of rotatable bonds is 5. The lowest BCUT2D eigenvalue weighted by Gasteiger charge is -2.22. The predicted molar refractivity (Wildman–Crippen MR) is 313 cm³/mol. The third kappa shape index (κ3) is 5.94. The van der Waals surface area contributed by atoms with Crippen LogP contribution in [-0.2, 0) is 0 Å². The largest absolute Gasteiger partial charge is 0.455 e. The summed E-state index contributed by atoms with van der Waals surface area (Å²) in [5.74, 6) is 0. The van der Waals surface area contributed by atoms with Crippen molar-refractivity contribution in [1.82, 2.24) is 0 Å². The number of para-hydroxylation sites is 4. The SMILES string of the molecule is c1ccc2c(-c3cccc4c(-c5c6cccc(-c7cccc8c7oc7ccccc78)c6cc6c(-c7cccc8c7oc7ccccc78)cccc56)c5cccc(-c6cccc7ccccc67)c5cc34)cccc2c1. The molecule has 16 aromatic rings. The number of hydrogen-bond acceptors (Lipinski definition) is 2. The second-order valence-corrected chi connectivity index (χ2v) is 19.7. The van der Waals surface area contributed by atoms with Gasteiger partial charge in [-0.15, -0.1) is 0 Å².